The quantitative estimate of drug-likeness (QED) is 0.848. The van der Waals surface area contributed by atoms with Crippen molar-refractivity contribution in [3.8, 4) is 0 Å². The number of aryl methyl sites for hydroxylation is 1. The zero-order valence-electron chi connectivity index (χ0n) is 10.3. The minimum Gasteiger partial charge on any atom is -0.328 e. The summed E-state index contributed by atoms with van der Waals surface area (Å²) in [6.07, 6.45) is 0.614. The minimum absolute atomic E-state index is 0. The van der Waals surface area contributed by atoms with Gasteiger partial charge >= 0.3 is 0 Å². The monoisotopic (exact) mass is 356 g/mol. The van der Waals surface area contributed by atoms with Gasteiger partial charge in [-0.25, -0.2) is 13.1 Å². The van der Waals surface area contributed by atoms with Crippen LogP contribution in [0.15, 0.2) is 27.6 Å². The van der Waals surface area contributed by atoms with Gasteiger partial charge in [0.05, 0.1) is 4.90 Å². The zero-order chi connectivity index (χ0) is 13.1. The van der Waals surface area contributed by atoms with E-state index in [1.807, 2.05) is 19.9 Å². The Hall–Kier alpha value is -0.140. The Bertz CT molecular complexity index is 492. The molecule has 18 heavy (non-hydrogen) atoms. The summed E-state index contributed by atoms with van der Waals surface area (Å²) >= 11 is 3.24. The summed E-state index contributed by atoms with van der Waals surface area (Å²) in [7, 11) is -3.46. The summed E-state index contributed by atoms with van der Waals surface area (Å²) in [6.45, 7) is 4.05. The topological polar surface area (TPSA) is 72.2 Å². The van der Waals surface area contributed by atoms with Crippen LogP contribution in [-0.2, 0) is 10.0 Å². The fourth-order valence-corrected chi connectivity index (χ4v) is 3.41. The number of rotatable bonds is 5. The molecule has 0 aliphatic heterocycles. The third-order valence-electron chi connectivity index (χ3n) is 2.27. The number of nitrogens with one attached hydrogen (secondary N) is 1. The number of benzene rings is 1. The van der Waals surface area contributed by atoms with Crippen LogP contribution < -0.4 is 10.5 Å². The molecule has 1 aromatic carbocycles. The third-order valence-corrected chi connectivity index (χ3v) is 4.72. The Balaban J connectivity index is 0.00000289. The molecule has 0 amide bonds. The van der Waals surface area contributed by atoms with Crippen LogP contribution in [0.2, 0.25) is 0 Å². The maximum absolute atomic E-state index is 12.0. The number of nitrogens with two attached hydrogens (primary N) is 1. The largest absolute Gasteiger partial charge is 0.328 e. The molecule has 4 nitrogen and oxygen atoms in total. The molecule has 3 N–H and O–H groups in total. The molecule has 0 fully saturated rings. The molecular formula is C11H18BrClN2O2S. The summed E-state index contributed by atoms with van der Waals surface area (Å²) in [5, 5.41) is 0. The van der Waals surface area contributed by atoms with Crippen molar-refractivity contribution in [3.63, 3.8) is 0 Å². The Morgan fingerprint density at radius 2 is 2.06 bits per heavy atom. The molecule has 1 atom stereocenters. The minimum atomic E-state index is -3.46. The first-order valence-electron chi connectivity index (χ1n) is 5.34. The maximum Gasteiger partial charge on any atom is 0.241 e. The van der Waals surface area contributed by atoms with E-state index in [0.717, 1.165) is 5.56 Å². The van der Waals surface area contributed by atoms with Crippen molar-refractivity contribution in [1.29, 1.82) is 0 Å². The van der Waals surface area contributed by atoms with Gasteiger partial charge in [0.1, 0.15) is 0 Å². The van der Waals surface area contributed by atoms with Crippen LogP contribution in [-0.4, -0.2) is 21.0 Å². The predicted molar refractivity (Wildman–Crippen MR) is 79.6 cm³/mol. The molecular weight excluding hydrogens is 340 g/mol. The maximum atomic E-state index is 12.0. The second-order valence-electron chi connectivity index (χ2n) is 4.10. The molecule has 1 aromatic rings. The molecule has 104 valence electrons. The van der Waals surface area contributed by atoms with Crippen LogP contribution in [0, 0.1) is 6.92 Å². The van der Waals surface area contributed by atoms with Gasteiger partial charge in [0.15, 0.2) is 0 Å². The van der Waals surface area contributed by atoms with Crippen LogP contribution >= 0.6 is 28.3 Å². The van der Waals surface area contributed by atoms with Crippen molar-refractivity contribution >= 4 is 38.4 Å². The second-order valence-corrected chi connectivity index (χ2v) is 6.69. The van der Waals surface area contributed by atoms with Gasteiger partial charge in [-0.05, 0) is 53.9 Å². The van der Waals surface area contributed by atoms with Crippen LogP contribution in [0.1, 0.15) is 18.9 Å². The lowest BCUT2D eigenvalue weighted by Gasteiger charge is -2.10. The van der Waals surface area contributed by atoms with Crippen molar-refractivity contribution in [2.45, 2.75) is 31.2 Å². The van der Waals surface area contributed by atoms with E-state index < -0.39 is 10.0 Å². The molecule has 0 aliphatic carbocycles. The van der Waals surface area contributed by atoms with E-state index in [0.29, 0.717) is 17.4 Å². The van der Waals surface area contributed by atoms with Gasteiger partial charge in [0.2, 0.25) is 10.0 Å². The predicted octanol–water partition coefficient (Wildman–Crippen LogP) is 2.19. The standard InChI is InChI=1S/C11H17BrN2O2S.ClH/c1-8-3-4-10(12)11(7-8)17(15,16)14-6-5-9(2)13;/h3-4,7,9,14H,5-6,13H2,1-2H3;1H. The molecule has 1 unspecified atom stereocenters. The van der Waals surface area contributed by atoms with E-state index in [-0.39, 0.29) is 23.3 Å². The molecule has 0 saturated heterocycles. The lowest BCUT2D eigenvalue weighted by Crippen LogP contribution is -2.29. The molecule has 0 saturated carbocycles. The highest BCUT2D eigenvalue weighted by molar-refractivity contribution is 9.10. The summed E-state index contributed by atoms with van der Waals surface area (Å²) in [6, 6.07) is 5.21. The smallest absolute Gasteiger partial charge is 0.241 e. The number of sulfonamides is 1. The lowest BCUT2D eigenvalue weighted by molar-refractivity contribution is 0.571. The summed E-state index contributed by atoms with van der Waals surface area (Å²) in [5.74, 6) is 0. The third kappa shape index (κ3) is 5.24. The summed E-state index contributed by atoms with van der Waals surface area (Å²) in [4.78, 5) is 0.266. The normalized spacial score (nSPS) is 12.9. The van der Waals surface area contributed by atoms with Crippen molar-refractivity contribution in [2.75, 3.05) is 6.54 Å². The van der Waals surface area contributed by atoms with Crippen LogP contribution in [0.4, 0.5) is 0 Å². The average molecular weight is 358 g/mol. The van der Waals surface area contributed by atoms with Crippen molar-refractivity contribution in [2.24, 2.45) is 5.73 Å². The Morgan fingerprint density at radius 1 is 1.44 bits per heavy atom. The lowest BCUT2D eigenvalue weighted by atomic mass is 10.2. The second kappa shape index (κ2) is 7.45. The van der Waals surface area contributed by atoms with Gasteiger partial charge in [-0.2, -0.15) is 0 Å². The first-order chi connectivity index (χ1) is 7.83. The SMILES string of the molecule is Cc1ccc(Br)c(S(=O)(=O)NCCC(C)N)c1.Cl. The van der Waals surface area contributed by atoms with Gasteiger partial charge in [0.25, 0.3) is 0 Å². The summed E-state index contributed by atoms with van der Waals surface area (Å²) < 4.78 is 27.1. The number of hydrogen-bond donors (Lipinski definition) is 2. The van der Waals surface area contributed by atoms with Gasteiger partial charge < -0.3 is 5.73 Å². The van der Waals surface area contributed by atoms with E-state index in [2.05, 4.69) is 20.7 Å². The summed E-state index contributed by atoms with van der Waals surface area (Å²) in [5.41, 5.74) is 6.47. The molecule has 0 aromatic heterocycles. The van der Waals surface area contributed by atoms with Gasteiger partial charge in [0, 0.05) is 17.1 Å². The van der Waals surface area contributed by atoms with Crippen molar-refractivity contribution in [1.82, 2.24) is 4.72 Å². The number of hydrogen-bond acceptors (Lipinski definition) is 3. The fourth-order valence-electron chi connectivity index (χ4n) is 1.32. The average Bonchev–Trinajstić information content (AvgIpc) is 2.20. The number of halogens is 2. The highest BCUT2D eigenvalue weighted by atomic mass is 79.9. The van der Waals surface area contributed by atoms with Crippen molar-refractivity contribution < 1.29 is 8.42 Å². The van der Waals surface area contributed by atoms with E-state index in [9.17, 15) is 8.42 Å². The molecule has 0 heterocycles. The van der Waals surface area contributed by atoms with Crippen LogP contribution in [0.3, 0.4) is 0 Å². The van der Waals surface area contributed by atoms with E-state index in [1.54, 1.807) is 12.1 Å². The van der Waals surface area contributed by atoms with E-state index in [4.69, 9.17) is 5.73 Å². The van der Waals surface area contributed by atoms with Crippen LogP contribution in [0.25, 0.3) is 0 Å². The Kier molecular flexibility index (Phi) is 7.39. The molecule has 0 aliphatic rings. The molecule has 7 heteroatoms. The highest BCUT2D eigenvalue weighted by Gasteiger charge is 2.17. The molecule has 0 bridgehead atoms. The van der Waals surface area contributed by atoms with E-state index in [1.165, 1.54) is 0 Å². The van der Waals surface area contributed by atoms with Gasteiger partial charge in [-0.1, -0.05) is 6.07 Å². The zero-order valence-corrected chi connectivity index (χ0v) is 13.5. The first kappa shape index (κ1) is 17.9. The Morgan fingerprint density at radius 3 is 2.61 bits per heavy atom. The molecule has 1 rings (SSSR count). The van der Waals surface area contributed by atoms with Crippen molar-refractivity contribution in [3.05, 3.63) is 28.2 Å². The molecule has 0 radical (unpaired) electrons. The Labute approximate surface area is 123 Å². The first-order valence-corrected chi connectivity index (χ1v) is 7.62. The van der Waals surface area contributed by atoms with Gasteiger partial charge in [-0.3, -0.25) is 0 Å². The highest BCUT2D eigenvalue weighted by Crippen LogP contribution is 2.22. The van der Waals surface area contributed by atoms with Gasteiger partial charge in [-0.15, -0.1) is 12.4 Å². The van der Waals surface area contributed by atoms with E-state index >= 15 is 0 Å². The fraction of sp³-hybridized carbons (Fsp3) is 0.455. The van der Waals surface area contributed by atoms with Crippen LogP contribution in [0.5, 0.6) is 0 Å². The molecule has 0 spiro atoms.